The van der Waals surface area contributed by atoms with E-state index in [1.165, 1.54) is 6.92 Å². The molecule has 4 heteroatoms. The molecule has 0 aliphatic carbocycles. The smallest absolute Gasteiger partial charge is 0.221 e. The molecule has 0 radical (unpaired) electrons. The summed E-state index contributed by atoms with van der Waals surface area (Å²) in [6.45, 7) is 1.45. The first-order valence-corrected chi connectivity index (χ1v) is 4.99. The van der Waals surface area contributed by atoms with Crippen LogP contribution in [0.4, 0.5) is 5.69 Å². The normalized spacial score (nSPS) is 9.31. The molecule has 0 fully saturated rings. The summed E-state index contributed by atoms with van der Waals surface area (Å²) in [5.41, 5.74) is 1.65. The maximum Gasteiger partial charge on any atom is 0.221 e. The quantitative estimate of drug-likeness (QED) is 0.841. The molecule has 0 saturated heterocycles. The third kappa shape index (κ3) is 3.28. The number of rotatable bonds is 4. The Morgan fingerprint density at radius 2 is 2.31 bits per heavy atom. The van der Waals surface area contributed by atoms with Gasteiger partial charge in [0.15, 0.2) is 0 Å². The summed E-state index contributed by atoms with van der Waals surface area (Å²) in [6.07, 6.45) is 1.14. The second kappa shape index (κ2) is 5.76. The van der Waals surface area contributed by atoms with Gasteiger partial charge in [-0.2, -0.15) is 5.26 Å². The van der Waals surface area contributed by atoms with E-state index in [-0.39, 0.29) is 5.91 Å². The van der Waals surface area contributed by atoms with Crippen LogP contribution in [-0.2, 0) is 11.2 Å². The number of carbonyl (C=O) groups is 1. The first-order valence-electron chi connectivity index (χ1n) is 4.99. The van der Waals surface area contributed by atoms with E-state index >= 15 is 0 Å². The van der Waals surface area contributed by atoms with Gasteiger partial charge < -0.3 is 10.1 Å². The molecule has 0 heterocycles. The fourth-order valence-electron chi connectivity index (χ4n) is 1.40. The monoisotopic (exact) mass is 218 g/mol. The molecule has 0 spiro atoms. The van der Waals surface area contributed by atoms with Crippen molar-refractivity contribution in [2.24, 2.45) is 0 Å². The van der Waals surface area contributed by atoms with Crippen LogP contribution < -0.4 is 10.1 Å². The van der Waals surface area contributed by atoms with Crippen LogP contribution in [0.2, 0.25) is 0 Å². The van der Waals surface area contributed by atoms with E-state index in [1.54, 1.807) is 13.2 Å². The third-order valence-corrected chi connectivity index (χ3v) is 2.10. The van der Waals surface area contributed by atoms with Gasteiger partial charge in [0.2, 0.25) is 5.91 Å². The van der Waals surface area contributed by atoms with Crippen molar-refractivity contribution in [3.63, 3.8) is 0 Å². The average molecular weight is 218 g/mol. The maximum absolute atomic E-state index is 11.0. The van der Waals surface area contributed by atoms with Crippen LogP contribution in [0.3, 0.4) is 0 Å². The molecule has 1 amide bonds. The Morgan fingerprint density at radius 1 is 1.56 bits per heavy atom. The molecule has 0 unspecified atom stereocenters. The number of carbonyl (C=O) groups excluding carboxylic acids is 1. The third-order valence-electron chi connectivity index (χ3n) is 2.10. The van der Waals surface area contributed by atoms with Gasteiger partial charge >= 0.3 is 0 Å². The Hall–Kier alpha value is -2.02. The predicted molar refractivity (Wildman–Crippen MR) is 61.2 cm³/mol. The Kier molecular flexibility index (Phi) is 4.34. The molecule has 16 heavy (non-hydrogen) atoms. The van der Waals surface area contributed by atoms with Crippen molar-refractivity contribution < 1.29 is 9.53 Å². The largest absolute Gasteiger partial charge is 0.495 e. The van der Waals surface area contributed by atoms with Gasteiger partial charge in [-0.15, -0.1) is 0 Å². The lowest BCUT2D eigenvalue weighted by Crippen LogP contribution is -2.07. The van der Waals surface area contributed by atoms with Crippen molar-refractivity contribution in [1.29, 1.82) is 5.26 Å². The number of ether oxygens (including phenoxy) is 1. The van der Waals surface area contributed by atoms with Gasteiger partial charge in [-0.05, 0) is 24.1 Å². The highest BCUT2D eigenvalue weighted by atomic mass is 16.5. The van der Waals surface area contributed by atoms with Gasteiger partial charge in [0.1, 0.15) is 5.75 Å². The fourth-order valence-corrected chi connectivity index (χ4v) is 1.40. The van der Waals surface area contributed by atoms with Crippen LogP contribution in [0.1, 0.15) is 18.9 Å². The second-order valence-corrected chi connectivity index (χ2v) is 3.37. The van der Waals surface area contributed by atoms with Gasteiger partial charge in [0, 0.05) is 13.3 Å². The van der Waals surface area contributed by atoms with Crippen LogP contribution in [0.25, 0.3) is 0 Å². The first kappa shape index (κ1) is 12.1. The van der Waals surface area contributed by atoms with E-state index in [2.05, 4.69) is 11.4 Å². The molecule has 4 nitrogen and oxygen atoms in total. The molecule has 84 valence electrons. The molecule has 1 aromatic carbocycles. The molecule has 0 atom stereocenters. The van der Waals surface area contributed by atoms with E-state index in [4.69, 9.17) is 10.00 Å². The number of anilines is 1. The molecular formula is C12H14N2O2. The Labute approximate surface area is 94.8 Å². The van der Waals surface area contributed by atoms with Crippen molar-refractivity contribution >= 4 is 11.6 Å². The van der Waals surface area contributed by atoms with Gasteiger partial charge in [-0.1, -0.05) is 6.07 Å². The average Bonchev–Trinajstić information content (AvgIpc) is 2.26. The minimum absolute atomic E-state index is 0.143. The number of benzene rings is 1. The first-order chi connectivity index (χ1) is 7.67. The van der Waals surface area contributed by atoms with Crippen molar-refractivity contribution in [3.05, 3.63) is 23.8 Å². The van der Waals surface area contributed by atoms with E-state index < -0.39 is 0 Å². The molecule has 0 aliphatic rings. The summed E-state index contributed by atoms with van der Waals surface area (Å²) in [7, 11) is 1.55. The number of aryl methyl sites for hydroxylation is 1. The molecule has 1 aromatic rings. The van der Waals surface area contributed by atoms with Crippen molar-refractivity contribution in [2.75, 3.05) is 12.4 Å². The van der Waals surface area contributed by atoms with Gasteiger partial charge in [0.25, 0.3) is 0 Å². The van der Waals surface area contributed by atoms with Crippen LogP contribution in [-0.4, -0.2) is 13.0 Å². The summed E-state index contributed by atoms with van der Waals surface area (Å²) in [5, 5.41) is 11.2. The molecule has 0 aromatic heterocycles. The topological polar surface area (TPSA) is 62.1 Å². The number of amides is 1. The molecular weight excluding hydrogens is 204 g/mol. The van der Waals surface area contributed by atoms with E-state index in [9.17, 15) is 4.79 Å². The Bertz CT molecular complexity index is 422. The lowest BCUT2D eigenvalue weighted by molar-refractivity contribution is -0.114. The standard InChI is InChI=1S/C12H14N2O2/c1-9(15)14-11-8-10(4-3-7-13)5-6-12(11)16-2/h5-6,8H,3-4H2,1-2H3,(H,14,15). The second-order valence-electron chi connectivity index (χ2n) is 3.37. The number of nitrogens with zero attached hydrogens (tertiary/aromatic N) is 1. The Balaban J connectivity index is 2.92. The minimum atomic E-state index is -0.143. The fraction of sp³-hybridized carbons (Fsp3) is 0.333. The van der Waals surface area contributed by atoms with Crippen LogP contribution in [0, 0.1) is 11.3 Å². The van der Waals surface area contributed by atoms with Crippen LogP contribution >= 0.6 is 0 Å². The molecule has 0 aliphatic heterocycles. The molecule has 1 rings (SSSR count). The predicted octanol–water partition coefficient (Wildman–Crippen LogP) is 2.11. The summed E-state index contributed by atoms with van der Waals surface area (Å²) >= 11 is 0. The van der Waals surface area contributed by atoms with E-state index in [1.807, 2.05) is 12.1 Å². The zero-order valence-electron chi connectivity index (χ0n) is 9.41. The van der Waals surface area contributed by atoms with Crippen molar-refractivity contribution in [1.82, 2.24) is 0 Å². The molecule has 1 N–H and O–H groups in total. The zero-order chi connectivity index (χ0) is 12.0. The number of hydrogen-bond donors (Lipinski definition) is 1. The molecule has 0 saturated carbocycles. The number of nitrogens with one attached hydrogen (secondary N) is 1. The van der Waals surface area contributed by atoms with Gasteiger partial charge in [0.05, 0.1) is 18.9 Å². The Morgan fingerprint density at radius 3 is 2.88 bits per heavy atom. The van der Waals surface area contributed by atoms with Crippen molar-refractivity contribution in [2.45, 2.75) is 19.8 Å². The summed E-state index contributed by atoms with van der Waals surface area (Å²) in [4.78, 5) is 11.0. The lowest BCUT2D eigenvalue weighted by Gasteiger charge is -2.10. The molecule has 0 bridgehead atoms. The lowest BCUT2D eigenvalue weighted by atomic mass is 10.1. The maximum atomic E-state index is 11.0. The highest BCUT2D eigenvalue weighted by Gasteiger charge is 2.05. The number of nitriles is 1. The van der Waals surface area contributed by atoms with Crippen LogP contribution in [0.15, 0.2) is 18.2 Å². The SMILES string of the molecule is COc1ccc(CCC#N)cc1NC(C)=O. The van der Waals surface area contributed by atoms with Crippen LogP contribution in [0.5, 0.6) is 5.75 Å². The minimum Gasteiger partial charge on any atom is -0.495 e. The summed E-state index contributed by atoms with van der Waals surface area (Å²) < 4.78 is 5.13. The highest BCUT2D eigenvalue weighted by Crippen LogP contribution is 2.25. The summed E-state index contributed by atoms with van der Waals surface area (Å²) in [6, 6.07) is 7.60. The van der Waals surface area contributed by atoms with Gasteiger partial charge in [-0.3, -0.25) is 4.79 Å². The zero-order valence-corrected chi connectivity index (χ0v) is 9.41. The van der Waals surface area contributed by atoms with E-state index in [0.717, 1.165) is 5.56 Å². The van der Waals surface area contributed by atoms with Crippen molar-refractivity contribution in [3.8, 4) is 11.8 Å². The van der Waals surface area contributed by atoms with E-state index in [0.29, 0.717) is 24.3 Å². The number of methoxy groups -OCH3 is 1. The number of hydrogen-bond acceptors (Lipinski definition) is 3. The van der Waals surface area contributed by atoms with Gasteiger partial charge in [-0.25, -0.2) is 0 Å². The summed E-state index contributed by atoms with van der Waals surface area (Å²) in [5.74, 6) is 0.478. The highest BCUT2D eigenvalue weighted by molar-refractivity contribution is 5.90.